The van der Waals surface area contributed by atoms with Gasteiger partial charge in [-0.1, -0.05) is 31.4 Å². The van der Waals surface area contributed by atoms with Crippen molar-refractivity contribution in [3.8, 4) is 0 Å². The van der Waals surface area contributed by atoms with Crippen molar-refractivity contribution in [1.29, 1.82) is 0 Å². The van der Waals surface area contributed by atoms with Gasteiger partial charge >= 0.3 is 0 Å². The number of hydrogen-bond acceptors (Lipinski definition) is 6. The highest BCUT2D eigenvalue weighted by Gasteiger charge is 2.45. The summed E-state index contributed by atoms with van der Waals surface area (Å²) >= 11 is 7.55. The first-order valence-electron chi connectivity index (χ1n) is 11.5. The zero-order valence-corrected chi connectivity index (χ0v) is 21.4. The molecule has 5 rings (SSSR count). The number of halogens is 2. The number of hydrogen-bond donors (Lipinski definition) is 3. The minimum absolute atomic E-state index is 0. The van der Waals surface area contributed by atoms with Gasteiger partial charge in [0.05, 0.1) is 17.4 Å². The Morgan fingerprint density at radius 1 is 1.35 bits per heavy atom. The van der Waals surface area contributed by atoms with E-state index in [9.17, 15) is 9.59 Å². The van der Waals surface area contributed by atoms with Gasteiger partial charge in [0.25, 0.3) is 5.91 Å². The molecule has 182 valence electrons. The number of benzene rings is 1. The number of aromatic amines is 1. The lowest BCUT2D eigenvalue weighted by molar-refractivity contribution is 0.0755. The summed E-state index contributed by atoms with van der Waals surface area (Å²) in [7, 11) is 0. The largest absolute Gasteiger partial charge is 0.352 e. The summed E-state index contributed by atoms with van der Waals surface area (Å²) in [6.07, 6.45) is 3.81. The lowest BCUT2D eigenvalue weighted by atomic mass is 9.74. The molecule has 7 nitrogen and oxygen atoms in total. The Kier molecular flexibility index (Phi) is 7.36. The van der Waals surface area contributed by atoms with Crippen molar-refractivity contribution in [1.82, 2.24) is 20.2 Å². The standard InChI is InChI=1S/C24H28ClN5O2S.ClH/c1-2-30-10-8-17-19(13-30)33-23(28-17)22(32)29-20-5-3-4-9-24(20,26)21(31)18-12-14-11-15(25)6-7-16(14)27-18;/h6-7,11-12,20,27H,2-5,8-10,13,26H2,1H3,(H,29,32);1H. The molecule has 1 saturated carbocycles. The van der Waals surface area contributed by atoms with Gasteiger partial charge in [-0.15, -0.1) is 23.7 Å². The molecule has 1 amide bonds. The predicted octanol–water partition coefficient (Wildman–Crippen LogP) is 4.33. The summed E-state index contributed by atoms with van der Waals surface area (Å²) < 4.78 is 0. The van der Waals surface area contributed by atoms with E-state index in [1.54, 1.807) is 12.1 Å². The number of aromatic nitrogens is 2. The van der Waals surface area contributed by atoms with Crippen molar-refractivity contribution >= 4 is 57.9 Å². The summed E-state index contributed by atoms with van der Waals surface area (Å²) in [6, 6.07) is 6.79. The van der Waals surface area contributed by atoms with Crippen LogP contribution in [0, 0.1) is 0 Å². The lowest BCUT2D eigenvalue weighted by Gasteiger charge is -2.39. The molecule has 2 atom stereocenters. The summed E-state index contributed by atoms with van der Waals surface area (Å²) in [5.74, 6) is -0.424. The van der Waals surface area contributed by atoms with Crippen molar-refractivity contribution in [3.05, 3.63) is 50.6 Å². The zero-order chi connectivity index (χ0) is 23.2. The third kappa shape index (κ3) is 4.62. The molecule has 1 aliphatic heterocycles. The fourth-order valence-corrected chi connectivity index (χ4v) is 6.22. The molecule has 4 N–H and O–H groups in total. The molecule has 2 unspecified atom stereocenters. The van der Waals surface area contributed by atoms with Crippen molar-refractivity contribution in [2.24, 2.45) is 5.73 Å². The van der Waals surface area contributed by atoms with Crippen LogP contribution in [0.15, 0.2) is 24.3 Å². The first kappa shape index (κ1) is 25.1. The summed E-state index contributed by atoms with van der Waals surface area (Å²) in [5.41, 5.74) is 7.88. The number of carbonyl (C=O) groups excluding carboxylic acids is 2. The molecular formula is C24H29Cl2N5O2S. The normalized spacial score (nSPS) is 22.7. The fraction of sp³-hybridized carbons (Fsp3) is 0.458. The first-order chi connectivity index (χ1) is 15.9. The summed E-state index contributed by atoms with van der Waals surface area (Å²) in [5, 5.41) is 5.00. The van der Waals surface area contributed by atoms with Gasteiger partial charge in [0, 0.05) is 40.3 Å². The summed E-state index contributed by atoms with van der Waals surface area (Å²) in [6.45, 7) is 4.93. The van der Waals surface area contributed by atoms with Gasteiger partial charge in [0.15, 0.2) is 5.01 Å². The molecule has 2 aliphatic rings. The molecule has 10 heteroatoms. The number of H-pyrrole nitrogens is 1. The number of nitrogens with one attached hydrogen (secondary N) is 2. The van der Waals surface area contributed by atoms with Crippen LogP contribution in [0.2, 0.25) is 5.02 Å². The van der Waals surface area contributed by atoms with Crippen LogP contribution in [0.3, 0.4) is 0 Å². The van der Waals surface area contributed by atoms with Crippen molar-refractivity contribution in [2.75, 3.05) is 13.1 Å². The number of carbonyl (C=O) groups is 2. The van der Waals surface area contributed by atoms with Gasteiger partial charge in [-0.25, -0.2) is 4.98 Å². The van der Waals surface area contributed by atoms with Gasteiger partial charge in [0.1, 0.15) is 5.54 Å². The minimum atomic E-state index is -1.17. The maximum atomic E-state index is 13.6. The highest BCUT2D eigenvalue weighted by Crippen LogP contribution is 2.32. The topological polar surface area (TPSA) is 104 Å². The maximum Gasteiger partial charge on any atom is 0.280 e. The number of fused-ring (bicyclic) bond motifs is 2. The number of likely N-dealkylation sites (N-methyl/N-ethyl adjacent to an activating group) is 1. The maximum absolute atomic E-state index is 13.6. The number of nitrogens with two attached hydrogens (primary N) is 1. The van der Waals surface area contributed by atoms with Crippen molar-refractivity contribution in [3.63, 3.8) is 0 Å². The average Bonchev–Trinajstić information content (AvgIpc) is 3.43. The minimum Gasteiger partial charge on any atom is -0.352 e. The van der Waals surface area contributed by atoms with Crippen molar-refractivity contribution < 1.29 is 9.59 Å². The second-order valence-electron chi connectivity index (χ2n) is 9.06. The van der Waals surface area contributed by atoms with Crippen LogP contribution in [0.4, 0.5) is 0 Å². The molecule has 0 bridgehead atoms. The van der Waals surface area contributed by atoms with E-state index in [0.717, 1.165) is 60.4 Å². The van der Waals surface area contributed by atoms with E-state index < -0.39 is 11.6 Å². The second kappa shape index (κ2) is 9.95. The molecule has 0 radical (unpaired) electrons. The molecule has 1 aromatic carbocycles. The second-order valence-corrected chi connectivity index (χ2v) is 10.6. The molecule has 0 spiro atoms. The Balaban J connectivity index is 0.00000274. The monoisotopic (exact) mass is 521 g/mol. The van der Waals surface area contributed by atoms with Crippen LogP contribution < -0.4 is 11.1 Å². The SMILES string of the molecule is CCN1CCc2nc(C(=O)NC3CCCCC3(N)C(=O)c3cc4cc(Cl)ccc4[nH]3)sc2C1.Cl. The Morgan fingerprint density at radius 2 is 2.18 bits per heavy atom. The lowest BCUT2D eigenvalue weighted by Crippen LogP contribution is -2.64. The molecule has 3 aromatic rings. The van der Waals surface area contributed by atoms with Crippen LogP contribution >= 0.6 is 35.3 Å². The van der Waals surface area contributed by atoms with Gasteiger partial charge in [-0.05, 0) is 43.7 Å². The highest BCUT2D eigenvalue weighted by molar-refractivity contribution is 7.13. The Labute approximate surface area is 213 Å². The van der Waals surface area contributed by atoms with E-state index in [-0.39, 0.29) is 24.1 Å². The van der Waals surface area contributed by atoms with Gasteiger partial charge in [-0.2, -0.15) is 0 Å². The molecule has 34 heavy (non-hydrogen) atoms. The fourth-order valence-electron chi connectivity index (χ4n) is 4.98. The zero-order valence-electron chi connectivity index (χ0n) is 19.0. The van der Waals surface area contributed by atoms with E-state index in [4.69, 9.17) is 17.3 Å². The van der Waals surface area contributed by atoms with Crippen LogP contribution in [0.1, 0.15) is 63.5 Å². The van der Waals surface area contributed by atoms with Gasteiger partial charge in [-0.3, -0.25) is 14.5 Å². The Morgan fingerprint density at radius 3 is 2.97 bits per heavy atom. The third-order valence-electron chi connectivity index (χ3n) is 6.96. The molecular weight excluding hydrogens is 493 g/mol. The van der Waals surface area contributed by atoms with Crippen LogP contribution in [0.25, 0.3) is 10.9 Å². The van der Waals surface area contributed by atoms with Gasteiger partial charge < -0.3 is 16.0 Å². The predicted molar refractivity (Wildman–Crippen MR) is 138 cm³/mol. The molecule has 2 aromatic heterocycles. The molecule has 1 fully saturated rings. The molecule has 3 heterocycles. The Bertz CT molecular complexity index is 1230. The van der Waals surface area contributed by atoms with E-state index in [1.807, 2.05) is 12.1 Å². The number of Topliss-reactive ketones (excluding diaryl/α,β-unsaturated/α-hetero) is 1. The average molecular weight is 523 g/mol. The number of nitrogens with zero attached hydrogens (tertiary/aromatic N) is 2. The third-order valence-corrected chi connectivity index (χ3v) is 8.28. The smallest absolute Gasteiger partial charge is 0.280 e. The van der Waals surface area contributed by atoms with Crippen LogP contribution in [0.5, 0.6) is 0 Å². The summed E-state index contributed by atoms with van der Waals surface area (Å²) in [4.78, 5) is 38.0. The van der Waals surface area contributed by atoms with E-state index >= 15 is 0 Å². The quantitative estimate of drug-likeness (QED) is 0.433. The van der Waals surface area contributed by atoms with E-state index in [2.05, 4.69) is 27.1 Å². The number of amides is 1. The van der Waals surface area contributed by atoms with E-state index in [0.29, 0.717) is 28.6 Å². The van der Waals surface area contributed by atoms with Crippen molar-refractivity contribution in [2.45, 2.75) is 57.2 Å². The highest BCUT2D eigenvalue weighted by atomic mass is 35.5. The van der Waals surface area contributed by atoms with E-state index in [1.165, 1.54) is 11.3 Å². The number of thiazole rings is 1. The molecule has 0 saturated heterocycles. The van der Waals surface area contributed by atoms with Crippen LogP contribution in [-0.2, 0) is 13.0 Å². The van der Waals surface area contributed by atoms with Gasteiger partial charge in [0.2, 0.25) is 5.78 Å². The number of ketones is 1. The molecule has 1 aliphatic carbocycles. The number of rotatable bonds is 5. The first-order valence-corrected chi connectivity index (χ1v) is 12.7. The van der Waals surface area contributed by atoms with Crippen LogP contribution in [-0.4, -0.2) is 51.2 Å². The Hall–Kier alpha value is -1.97.